The number of hydrogen-bond donors (Lipinski definition) is 0. The Morgan fingerprint density at radius 1 is 1.07 bits per heavy atom. The van der Waals surface area contributed by atoms with Crippen molar-refractivity contribution in [1.82, 2.24) is 4.90 Å². The van der Waals surface area contributed by atoms with Crippen LogP contribution in [0.25, 0.3) is 0 Å². The molecule has 1 fully saturated rings. The van der Waals surface area contributed by atoms with Crippen molar-refractivity contribution in [3.63, 3.8) is 0 Å². The molecule has 5 nitrogen and oxygen atoms in total. The molecule has 0 spiro atoms. The fourth-order valence-electron chi connectivity index (χ4n) is 3.45. The van der Waals surface area contributed by atoms with E-state index in [2.05, 4.69) is 4.90 Å². The number of anilines is 1. The minimum atomic E-state index is -0.187. The van der Waals surface area contributed by atoms with Gasteiger partial charge in [-0.2, -0.15) is 0 Å². The standard InChI is InChI=1S/C22H26N2O3/c1-17-22(26)24(19-10-12-20(27-2)13-11-19)16-15-23(17)14-6-9-21(25)18-7-4-3-5-8-18/h3-5,7-8,10-13,17H,6,9,14-16H2,1-2H3/t17-/m0/s1. The molecule has 1 aliphatic rings. The third-order valence-electron chi connectivity index (χ3n) is 5.11. The molecule has 0 N–H and O–H groups in total. The second-order valence-electron chi connectivity index (χ2n) is 6.79. The summed E-state index contributed by atoms with van der Waals surface area (Å²) >= 11 is 0. The number of carbonyl (C=O) groups excluding carboxylic acids is 2. The number of piperazine rings is 1. The average Bonchev–Trinajstić information content (AvgIpc) is 2.72. The van der Waals surface area contributed by atoms with Crippen LogP contribution in [0.4, 0.5) is 5.69 Å². The number of benzene rings is 2. The first-order valence-electron chi connectivity index (χ1n) is 9.38. The number of nitrogens with zero attached hydrogens (tertiary/aromatic N) is 2. The number of amides is 1. The van der Waals surface area contributed by atoms with E-state index in [-0.39, 0.29) is 17.7 Å². The van der Waals surface area contributed by atoms with Gasteiger partial charge in [-0.15, -0.1) is 0 Å². The summed E-state index contributed by atoms with van der Waals surface area (Å²) in [4.78, 5) is 29.0. The molecule has 0 bridgehead atoms. The van der Waals surface area contributed by atoms with E-state index in [0.29, 0.717) is 13.0 Å². The monoisotopic (exact) mass is 366 g/mol. The molecule has 142 valence electrons. The van der Waals surface area contributed by atoms with E-state index in [4.69, 9.17) is 4.74 Å². The van der Waals surface area contributed by atoms with Gasteiger partial charge in [0, 0.05) is 30.8 Å². The van der Waals surface area contributed by atoms with Crippen molar-refractivity contribution in [2.24, 2.45) is 0 Å². The summed E-state index contributed by atoms with van der Waals surface area (Å²) in [7, 11) is 1.63. The number of carbonyl (C=O) groups is 2. The lowest BCUT2D eigenvalue weighted by Crippen LogP contribution is -2.56. The van der Waals surface area contributed by atoms with Gasteiger partial charge in [-0.3, -0.25) is 14.5 Å². The Bertz CT molecular complexity index is 774. The molecule has 0 aliphatic carbocycles. The van der Waals surface area contributed by atoms with Crippen molar-refractivity contribution in [3.05, 3.63) is 60.2 Å². The minimum absolute atomic E-state index is 0.0980. The molecule has 5 heteroatoms. The summed E-state index contributed by atoms with van der Waals surface area (Å²) in [5, 5.41) is 0. The van der Waals surface area contributed by atoms with E-state index >= 15 is 0 Å². The predicted octanol–water partition coefficient (Wildman–Crippen LogP) is 3.40. The van der Waals surface area contributed by atoms with Crippen LogP contribution in [-0.2, 0) is 4.79 Å². The Morgan fingerprint density at radius 3 is 2.44 bits per heavy atom. The molecular weight excluding hydrogens is 340 g/mol. The average molecular weight is 366 g/mol. The molecule has 0 radical (unpaired) electrons. The molecule has 1 amide bonds. The SMILES string of the molecule is COc1ccc(N2CCN(CCCC(=O)c3ccccc3)[C@@H](C)C2=O)cc1. The van der Waals surface area contributed by atoms with Crippen molar-refractivity contribution in [1.29, 1.82) is 0 Å². The van der Waals surface area contributed by atoms with Crippen LogP contribution >= 0.6 is 0 Å². The Balaban J connectivity index is 1.52. The summed E-state index contributed by atoms with van der Waals surface area (Å²) in [6.45, 7) is 4.15. The van der Waals surface area contributed by atoms with Gasteiger partial charge in [-0.1, -0.05) is 30.3 Å². The number of methoxy groups -OCH3 is 1. The summed E-state index contributed by atoms with van der Waals surface area (Å²) in [5.74, 6) is 1.04. The summed E-state index contributed by atoms with van der Waals surface area (Å²) in [6.07, 6.45) is 1.26. The molecular formula is C22H26N2O3. The highest BCUT2D eigenvalue weighted by atomic mass is 16.5. The first kappa shape index (κ1) is 19.1. The number of hydrogen-bond acceptors (Lipinski definition) is 4. The Morgan fingerprint density at radius 2 is 1.78 bits per heavy atom. The maximum absolute atomic E-state index is 12.8. The van der Waals surface area contributed by atoms with Gasteiger partial charge in [0.25, 0.3) is 0 Å². The maximum atomic E-state index is 12.8. The zero-order chi connectivity index (χ0) is 19.2. The molecule has 2 aromatic rings. The van der Waals surface area contributed by atoms with E-state index in [1.807, 2.05) is 66.4 Å². The van der Waals surface area contributed by atoms with Gasteiger partial charge >= 0.3 is 0 Å². The lowest BCUT2D eigenvalue weighted by atomic mass is 10.1. The van der Waals surface area contributed by atoms with Crippen LogP contribution in [0, 0.1) is 0 Å². The van der Waals surface area contributed by atoms with E-state index in [9.17, 15) is 9.59 Å². The maximum Gasteiger partial charge on any atom is 0.244 e. The van der Waals surface area contributed by atoms with Crippen LogP contribution in [-0.4, -0.2) is 49.4 Å². The van der Waals surface area contributed by atoms with E-state index in [1.54, 1.807) is 7.11 Å². The molecule has 1 heterocycles. The normalized spacial score (nSPS) is 17.8. The van der Waals surface area contributed by atoms with Crippen molar-refractivity contribution in [2.75, 3.05) is 31.6 Å². The highest BCUT2D eigenvalue weighted by Crippen LogP contribution is 2.23. The molecule has 27 heavy (non-hydrogen) atoms. The number of Topliss-reactive ketones (excluding diaryl/α,β-unsaturated/α-hetero) is 1. The van der Waals surface area contributed by atoms with Gasteiger partial charge in [0.05, 0.1) is 13.2 Å². The van der Waals surface area contributed by atoms with Crippen molar-refractivity contribution < 1.29 is 14.3 Å². The van der Waals surface area contributed by atoms with Gasteiger partial charge in [0.1, 0.15) is 5.75 Å². The quantitative estimate of drug-likeness (QED) is 0.705. The second kappa shape index (κ2) is 8.82. The highest BCUT2D eigenvalue weighted by molar-refractivity contribution is 5.98. The largest absolute Gasteiger partial charge is 0.497 e. The minimum Gasteiger partial charge on any atom is -0.497 e. The Kier molecular flexibility index (Phi) is 6.24. The molecule has 1 atom stereocenters. The molecule has 1 saturated heterocycles. The van der Waals surface area contributed by atoms with Crippen LogP contribution < -0.4 is 9.64 Å². The van der Waals surface area contributed by atoms with Crippen LogP contribution in [0.15, 0.2) is 54.6 Å². The van der Waals surface area contributed by atoms with Gasteiger partial charge < -0.3 is 9.64 Å². The molecule has 3 rings (SSSR count). The van der Waals surface area contributed by atoms with E-state index < -0.39 is 0 Å². The first-order valence-corrected chi connectivity index (χ1v) is 9.38. The smallest absolute Gasteiger partial charge is 0.244 e. The fourth-order valence-corrected chi connectivity index (χ4v) is 3.45. The van der Waals surface area contributed by atoms with Crippen molar-refractivity contribution in [2.45, 2.75) is 25.8 Å². The summed E-state index contributed by atoms with van der Waals surface area (Å²) in [6, 6.07) is 16.8. The van der Waals surface area contributed by atoms with Gasteiger partial charge in [0.2, 0.25) is 5.91 Å². The predicted molar refractivity (Wildman–Crippen MR) is 106 cm³/mol. The Hall–Kier alpha value is -2.66. The number of ether oxygens (including phenoxy) is 1. The van der Waals surface area contributed by atoms with Crippen molar-refractivity contribution >= 4 is 17.4 Å². The van der Waals surface area contributed by atoms with E-state index in [1.165, 1.54) is 0 Å². The molecule has 0 unspecified atom stereocenters. The lowest BCUT2D eigenvalue weighted by Gasteiger charge is -2.39. The van der Waals surface area contributed by atoms with E-state index in [0.717, 1.165) is 36.5 Å². The zero-order valence-electron chi connectivity index (χ0n) is 15.9. The van der Waals surface area contributed by atoms with Crippen LogP contribution in [0.1, 0.15) is 30.1 Å². The van der Waals surface area contributed by atoms with Gasteiger partial charge in [0.15, 0.2) is 5.78 Å². The van der Waals surface area contributed by atoms with Crippen LogP contribution in [0.5, 0.6) is 5.75 Å². The van der Waals surface area contributed by atoms with Crippen molar-refractivity contribution in [3.8, 4) is 5.75 Å². The summed E-state index contributed by atoms with van der Waals surface area (Å²) in [5.41, 5.74) is 1.65. The van der Waals surface area contributed by atoms with Gasteiger partial charge in [-0.25, -0.2) is 0 Å². The third kappa shape index (κ3) is 4.55. The second-order valence-corrected chi connectivity index (χ2v) is 6.79. The zero-order valence-corrected chi connectivity index (χ0v) is 15.9. The Labute approximate surface area is 160 Å². The molecule has 1 aliphatic heterocycles. The number of ketones is 1. The number of rotatable bonds is 7. The summed E-state index contributed by atoms with van der Waals surface area (Å²) < 4.78 is 5.18. The first-order chi connectivity index (χ1) is 13.1. The molecule has 0 saturated carbocycles. The molecule has 0 aromatic heterocycles. The van der Waals surface area contributed by atoms with Gasteiger partial charge in [-0.05, 0) is 44.2 Å². The van der Waals surface area contributed by atoms with Crippen LogP contribution in [0.3, 0.4) is 0 Å². The topological polar surface area (TPSA) is 49.9 Å². The molecule has 2 aromatic carbocycles. The lowest BCUT2D eigenvalue weighted by molar-refractivity contribution is -0.125. The fraction of sp³-hybridized carbons (Fsp3) is 0.364. The highest BCUT2D eigenvalue weighted by Gasteiger charge is 2.31. The third-order valence-corrected chi connectivity index (χ3v) is 5.11. The van der Waals surface area contributed by atoms with Crippen LogP contribution in [0.2, 0.25) is 0 Å².